The first kappa shape index (κ1) is 14.5. The summed E-state index contributed by atoms with van der Waals surface area (Å²) < 4.78 is 14.4. The zero-order valence-corrected chi connectivity index (χ0v) is 11.1. The molecule has 0 aliphatic carbocycles. The van der Waals surface area contributed by atoms with Gasteiger partial charge in [-0.3, -0.25) is 0 Å². The Labute approximate surface area is 119 Å². The fraction of sp³-hybridized carbons (Fsp3) is 0.231. The molecule has 1 heterocycles. The first-order chi connectivity index (χ1) is 9.52. The van der Waals surface area contributed by atoms with Gasteiger partial charge in [-0.1, -0.05) is 11.6 Å². The molecule has 0 atom stereocenters. The van der Waals surface area contributed by atoms with E-state index < -0.39 is 11.8 Å². The molecule has 20 heavy (non-hydrogen) atoms. The second kappa shape index (κ2) is 6.02. The van der Waals surface area contributed by atoms with Crippen LogP contribution in [-0.4, -0.2) is 32.6 Å². The number of aromatic carboxylic acids is 1. The van der Waals surface area contributed by atoms with E-state index in [9.17, 15) is 9.18 Å². The number of benzene rings is 1. The van der Waals surface area contributed by atoms with Gasteiger partial charge in [0, 0.05) is 18.4 Å². The van der Waals surface area contributed by atoms with E-state index in [0.717, 1.165) is 0 Å². The lowest BCUT2D eigenvalue weighted by molar-refractivity contribution is 0.0688. The first-order valence-electron chi connectivity index (χ1n) is 5.91. The Kier molecular flexibility index (Phi) is 4.36. The van der Waals surface area contributed by atoms with Gasteiger partial charge in [-0.25, -0.2) is 13.9 Å². The molecule has 1 aromatic heterocycles. The number of carbonyl (C=O) groups is 1. The SMILES string of the molecule is O=C(O)c1nn(-c2ccc(F)c(Cl)c2)cc1CCCO. The van der Waals surface area contributed by atoms with Gasteiger partial charge in [-0.15, -0.1) is 0 Å². The summed E-state index contributed by atoms with van der Waals surface area (Å²) in [6.45, 7) is -0.0351. The minimum Gasteiger partial charge on any atom is -0.476 e. The van der Waals surface area contributed by atoms with Crippen molar-refractivity contribution >= 4 is 17.6 Å². The summed E-state index contributed by atoms with van der Waals surface area (Å²) in [5, 5.41) is 21.8. The van der Waals surface area contributed by atoms with E-state index in [0.29, 0.717) is 24.1 Å². The molecule has 0 saturated heterocycles. The molecule has 0 aliphatic heterocycles. The molecule has 7 heteroatoms. The summed E-state index contributed by atoms with van der Waals surface area (Å²) in [6, 6.07) is 4.01. The number of nitrogens with zero attached hydrogens (tertiary/aromatic N) is 2. The highest BCUT2D eigenvalue weighted by Gasteiger charge is 2.16. The molecule has 0 amide bonds. The van der Waals surface area contributed by atoms with E-state index in [1.165, 1.54) is 22.9 Å². The van der Waals surface area contributed by atoms with E-state index in [2.05, 4.69) is 5.10 Å². The van der Waals surface area contributed by atoms with Crippen LogP contribution in [0, 0.1) is 5.82 Å². The summed E-state index contributed by atoms with van der Waals surface area (Å²) in [5.74, 6) is -1.70. The van der Waals surface area contributed by atoms with Crippen LogP contribution in [0.1, 0.15) is 22.5 Å². The van der Waals surface area contributed by atoms with Gasteiger partial charge in [0.2, 0.25) is 0 Å². The van der Waals surface area contributed by atoms with Gasteiger partial charge in [0.25, 0.3) is 0 Å². The molecule has 0 bridgehead atoms. The second-order valence-electron chi connectivity index (χ2n) is 4.18. The topological polar surface area (TPSA) is 75.3 Å². The molecule has 2 rings (SSSR count). The number of carboxylic acid groups (broad SMARTS) is 1. The predicted octanol–water partition coefficient (Wildman–Crippen LogP) is 2.29. The normalized spacial score (nSPS) is 10.8. The molecule has 2 N–H and O–H groups in total. The van der Waals surface area contributed by atoms with Crippen LogP contribution < -0.4 is 0 Å². The molecule has 0 fully saturated rings. The standard InChI is InChI=1S/C13H12ClFN2O3/c14-10-6-9(3-4-11(10)15)17-7-8(2-1-5-18)12(16-17)13(19)20/h3-4,6-7,18H,1-2,5H2,(H,19,20). The number of rotatable bonds is 5. The van der Waals surface area contributed by atoms with Crippen molar-refractivity contribution in [1.82, 2.24) is 9.78 Å². The maximum atomic E-state index is 13.1. The maximum Gasteiger partial charge on any atom is 0.356 e. The maximum absolute atomic E-state index is 13.1. The van der Waals surface area contributed by atoms with Gasteiger partial charge in [0.05, 0.1) is 10.7 Å². The van der Waals surface area contributed by atoms with Crippen molar-refractivity contribution in [2.75, 3.05) is 6.61 Å². The van der Waals surface area contributed by atoms with Gasteiger partial charge in [-0.2, -0.15) is 5.10 Å². The Bertz CT molecular complexity index is 643. The highest BCUT2D eigenvalue weighted by atomic mass is 35.5. The molecular weight excluding hydrogens is 287 g/mol. The fourth-order valence-corrected chi connectivity index (χ4v) is 1.98. The van der Waals surface area contributed by atoms with E-state index >= 15 is 0 Å². The molecule has 0 aliphatic rings. The molecule has 2 aromatic rings. The van der Waals surface area contributed by atoms with Crippen LogP contribution in [0.15, 0.2) is 24.4 Å². The van der Waals surface area contributed by atoms with Gasteiger partial charge in [0.15, 0.2) is 5.69 Å². The predicted molar refractivity (Wildman–Crippen MR) is 70.9 cm³/mol. The highest BCUT2D eigenvalue weighted by Crippen LogP contribution is 2.20. The molecule has 0 spiro atoms. The third kappa shape index (κ3) is 2.97. The first-order valence-corrected chi connectivity index (χ1v) is 6.29. The third-order valence-electron chi connectivity index (χ3n) is 2.76. The van der Waals surface area contributed by atoms with Crippen LogP contribution in [0.2, 0.25) is 5.02 Å². The van der Waals surface area contributed by atoms with Gasteiger partial charge >= 0.3 is 5.97 Å². The zero-order chi connectivity index (χ0) is 14.7. The lowest BCUT2D eigenvalue weighted by atomic mass is 10.1. The number of aliphatic hydroxyl groups is 1. The van der Waals surface area contributed by atoms with Crippen molar-refractivity contribution in [1.29, 1.82) is 0 Å². The number of carboxylic acids is 1. The Morgan fingerprint density at radius 1 is 1.45 bits per heavy atom. The smallest absolute Gasteiger partial charge is 0.356 e. The Morgan fingerprint density at radius 2 is 2.20 bits per heavy atom. The molecule has 1 aromatic carbocycles. The quantitative estimate of drug-likeness (QED) is 0.888. The zero-order valence-electron chi connectivity index (χ0n) is 10.4. The van der Waals surface area contributed by atoms with Crippen LogP contribution in [0.25, 0.3) is 5.69 Å². The highest BCUT2D eigenvalue weighted by molar-refractivity contribution is 6.30. The summed E-state index contributed by atoms with van der Waals surface area (Å²) in [6.07, 6.45) is 2.38. The Hall–Kier alpha value is -1.92. The number of aliphatic hydroxyl groups excluding tert-OH is 1. The average Bonchev–Trinajstić information content (AvgIpc) is 2.84. The minimum atomic E-state index is -1.15. The van der Waals surface area contributed by atoms with Crippen molar-refractivity contribution in [3.8, 4) is 5.69 Å². The van der Waals surface area contributed by atoms with Crippen LogP contribution >= 0.6 is 11.6 Å². The monoisotopic (exact) mass is 298 g/mol. The Morgan fingerprint density at radius 3 is 2.80 bits per heavy atom. The largest absolute Gasteiger partial charge is 0.476 e. The number of halogens is 2. The van der Waals surface area contributed by atoms with E-state index in [1.54, 1.807) is 6.20 Å². The van der Waals surface area contributed by atoms with Crippen LogP contribution in [0.4, 0.5) is 4.39 Å². The van der Waals surface area contributed by atoms with Gasteiger partial charge in [-0.05, 0) is 31.0 Å². The van der Waals surface area contributed by atoms with Crippen molar-refractivity contribution < 1.29 is 19.4 Å². The van der Waals surface area contributed by atoms with Crippen LogP contribution in [-0.2, 0) is 6.42 Å². The number of hydrogen-bond donors (Lipinski definition) is 2. The molecular formula is C13H12ClFN2O3. The summed E-state index contributed by atoms with van der Waals surface area (Å²) in [5.41, 5.74) is 0.889. The van der Waals surface area contributed by atoms with Crippen LogP contribution in [0.5, 0.6) is 0 Å². The van der Waals surface area contributed by atoms with Gasteiger partial charge < -0.3 is 10.2 Å². The molecule has 0 radical (unpaired) electrons. The van der Waals surface area contributed by atoms with Crippen molar-refractivity contribution in [3.63, 3.8) is 0 Å². The van der Waals surface area contributed by atoms with Crippen molar-refractivity contribution in [2.45, 2.75) is 12.8 Å². The minimum absolute atomic E-state index is 0.0351. The van der Waals surface area contributed by atoms with Crippen molar-refractivity contribution in [3.05, 3.63) is 46.5 Å². The average molecular weight is 299 g/mol. The number of aryl methyl sites for hydroxylation is 1. The van der Waals surface area contributed by atoms with Gasteiger partial charge in [0.1, 0.15) is 5.82 Å². The molecule has 0 saturated carbocycles. The molecule has 0 unspecified atom stereocenters. The summed E-state index contributed by atoms with van der Waals surface area (Å²) in [4.78, 5) is 11.1. The third-order valence-corrected chi connectivity index (χ3v) is 3.05. The molecule has 5 nitrogen and oxygen atoms in total. The van der Waals surface area contributed by atoms with E-state index in [4.69, 9.17) is 21.8 Å². The number of aromatic nitrogens is 2. The second-order valence-corrected chi connectivity index (χ2v) is 4.59. The van der Waals surface area contributed by atoms with Crippen LogP contribution in [0.3, 0.4) is 0 Å². The Balaban J connectivity index is 2.41. The van der Waals surface area contributed by atoms with Crippen molar-refractivity contribution in [2.24, 2.45) is 0 Å². The van der Waals surface area contributed by atoms with E-state index in [1.807, 2.05) is 0 Å². The summed E-state index contributed by atoms with van der Waals surface area (Å²) >= 11 is 5.69. The summed E-state index contributed by atoms with van der Waals surface area (Å²) in [7, 11) is 0. The molecule has 106 valence electrons. The number of hydrogen-bond acceptors (Lipinski definition) is 3. The lowest BCUT2D eigenvalue weighted by Crippen LogP contribution is -2.03. The lowest BCUT2D eigenvalue weighted by Gasteiger charge is -2.02. The van der Waals surface area contributed by atoms with E-state index in [-0.39, 0.29) is 17.3 Å². The fourth-order valence-electron chi connectivity index (χ4n) is 1.80.